The molecule has 1 aliphatic carbocycles. The van der Waals surface area contributed by atoms with E-state index < -0.39 is 6.10 Å². The summed E-state index contributed by atoms with van der Waals surface area (Å²) in [5.41, 5.74) is 0.786. The molecule has 0 radical (unpaired) electrons. The Morgan fingerprint density at radius 2 is 2.10 bits per heavy atom. The molecule has 0 heterocycles. The fourth-order valence-electron chi connectivity index (χ4n) is 2.69. The molecule has 0 saturated heterocycles. The lowest BCUT2D eigenvalue weighted by Crippen LogP contribution is -2.39. The lowest BCUT2D eigenvalue weighted by Gasteiger charge is -2.26. The van der Waals surface area contributed by atoms with Gasteiger partial charge in [-0.1, -0.05) is 19.1 Å². The molecule has 0 bridgehead atoms. The molecule has 1 aromatic rings. The van der Waals surface area contributed by atoms with Crippen LogP contribution in [-0.4, -0.2) is 23.7 Å². The molecule has 1 amide bonds. The van der Waals surface area contributed by atoms with Crippen LogP contribution in [0.25, 0.3) is 0 Å². The fourth-order valence-corrected chi connectivity index (χ4v) is 2.69. The molecule has 0 aliphatic heterocycles. The van der Waals surface area contributed by atoms with E-state index in [1.807, 2.05) is 12.1 Å². The van der Waals surface area contributed by atoms with Crippen molar-refractivity contribution in [3.05, 3.63) is 29.8 Å². The molecule has 0 aromatic heterocycles. The molecule has 1 aromatic carbocycles. The van der Waals surface area contributed by atoms with Crippen molar-refractivity contribution in [2.75, 3.05) is 6.61 Å². The number of rotatable bonds is 5. The molecule has 21 heavy (non-hydrogen) atoms. The summed E-state index contributed by atoms with van der Waals surface area (Å²) in [5.74, 6) is 1.32. The normalized spacial score (nSPS) is 23.4. The molecule has 1 unspecified atom stereocenters. The van der Waals surface area contributed by atoms with E-state index in [9.17, 15) is 9.90 Å². The summed E-state index contributed by atoms with van der Waals surface area (Å²) in [6.45, 7) is 3.99. The Labute approximate surface area is 126 Å². The van der Waals surface area contributed by atoms with Gasteiger partial charge in [0, 0.05) is 6.04 Å². The van der Waals surface area contributed by atoms with E-state index >= 15 is 0 Å². The summed E-state index contributed by atoms with van der Waals surface area (Å²) in [6, 6.07) is 7.50. The number of benzene rings is 1. The molecular weight excluding hydrogens is 266 g/mol. The maximum absolute atomic E-state index is 11.9. The fraction of sp³-hybridized carbons (Fsp3) is 0.588. The van der Waals surface area contributed by atoms with Crippen LogP contribution in [-0.2, 0) is 4.79 Å². The minimum atomic E-state index is -0.536. The van der Waals surface area contributed by atoms with Crippen molar-refractivity contribution >= 4 is 5.91 Å². The smallest absolute Gasteiger partial charge is 0.258 e. The highest BCUT2D eigenvalue weighted by Crippen LogP contribution is 2.23. The highest BCUT2D eigenvalue weighted by Gasteiger charge is 2.19. The average molecular weight is 291 g/mol. The van der Waals surface area contributed by atoms with Crippen molar-refractivity contribution in [2.24, 2.45) is 5.92 Å². The van der Waals surface area contributed by atoms with Crippen molar-refractivity contribution < 1.29 is 14.6 Å². The molecule has 4 nitrogen and oxygen atoms in total. The van der Waals surface area contributed by atoms with Crippen LogP contribution in [0.2, 0.25) is 0 Å². The van der Waals surface area contributed by atoms with E-state index in [-0.39, 0.29) is 12.5 Å². The van der Waals surface area contributed by atoms with E-state index in [0.717, 1.165) is 24.3 Å². The summed E-state index contributed by atoms with van der Waals surface area (Å²) in [4.78, 5) is 11.9. The summed E-state index contributed by atoms with van der Waals surface area (Å²) < 4.78 is 5.50. The Morgan fingerprint density at radius 1 is 1.38 bits per heavy atom. The maximum Gasteiger partial charge on any atom is 0.258 e. The topological polar surface area (TPSA) is 58.6 Å². The lowest BCUT2D eigenvalue weighted by atomic mass is 9.87. The number of hydrogen-bond acceptors (Lipinski definition) is 3. The summed E-state index contributed by atoms with van der Waals surface area (Å²) in [6.07, 6.45) is 3.95. The van der Waals surface area contributed by atoms with Crippen molar-refractivity contribution in [2.45, 2.75) is 51.7 Å². The second-order valence-electron chi connectivity index (χ2n) is 6.06. The Bertz CT molecular complexity index is 465. The van der Waals surface area contributed by atoms with Gasteiger partial charge in [0.25, 0.3) is 5.91 Å². The first-order chi connectivity index (χ1) is 10.0. The van der Waals surface area contributed by atoms with Gasteiger partial charge in [-0.15, -0.1) is 0 Å². The summed E-state index contributed by atoms with van der Waals surface area (Å²) in [5, 5.41) is 12.6. The standard InChI is InChI=1S/C17H25NO3/c1-12-6-8-15(9-7-12)18-17(20)11-21-16-5-3-4-14(10-16)13(2)19/h3-5,10,12-13,15,19H,6-9,11H2,1-2H3,(H,18,20). The van der Waals surface area contributed by atoms with Gasteiger partial charge in [-0.2, -0.15) is 0 Å². The van der Waals surface area contributed by atoms with Crippen LogP contribution >= 0.6 is 0 Å². The van der Waals surface area contributed by atoms with Crippen molar-refractivity contribution in [1.29, 1.82) is 0 Å². The van der Waals surface area contributed by atoms with Crippen molar-refractivity contribution in [3.8, 4) is 5.75 Å². The Kier molecular flexibility index (Phi) is 5.62. The third kappa shape index (κ3) is 5.05. The molecule has 0 spiro atoms. The quantitative estimate of drug-likeness (QED) is 0.877. The van der Waals surface area contributed by atoms with E-state index in [1.165, 1.54) is 12.8 Å². The monoisotopic (exact) mass is 291 g/mol. The maximum atomic E-state index is 11.9. The second-order valence-corrected chi connectivity index (χ2v) is 6.06. The first-order valence-corrected chi connectivity index (χ1v) is 7.75. The predicted octanol–water partition coefficient (Wildman–Crippen LogP) is 2.81. The zero-order chi connectivity index (χ0) is 15.2. The molecule has 1 saturated carbocycles. The molecule has 4 heteroatoms. The van der Waals surface area contributed by atoms with Gasteiger partial charge in [-0.3, -0.25) is 4.79 Å². The summed E-state index contributed by atoms with van der Waals surface area (Å²) >= 11 is 0. The molecule has 1 atom stereocenters. The van der Waals surface area contributed by atoms with E-state index in [2.05, 4.69) is 12.2 Å². The molecule has 1 aliphatic rings. The first-order valence-electron chi connectivity index (χ1n) is 7.75. The average Bonchev–Trinajstić information content (AvgIpc) is 2.48. The number of ether oxygens (including phenoxy) is 1. The highest BCUT2D eigenvalue weighted by molar-refractivity contribution is 5.77. The zero-order valence-electron chi connectivity index (χ0n) is 12.8. The third-order valence-corrected chi connectivity index (χ3v) is 4.09. The summed E-state index contributed by atoms with van der Waals surface area (Å²) in [7, 11) is 0. The Morgan fingerprint density at radius 3 is 2.76 bits per heavy atom. The molecular formula is C17H25NO3. The number of nitrogens with one attached hydrogen (secondary N) is 1. The van der Waals surface area contributed by atoms with E-state index in [4.69, 9.17) is 4.74 Å². The van der Waals surface area contributed by atoms with E-state index in [1.54, 1.807) is 19.1 Å². The number of carbonyl (C=O) groups is 1. The second kappa shape index (κ2) is 7.46. The molecule has 2 N–H and O–H groups in total. The first kappa shape index (κ1) is 15.8. The van der Waals surface area contributed by atoms with Crippen molar-refractivity contribution in [1.82, 2.24) is 5.32 Å². The van der Waals surface area contributed by atoms with E-state index in [0.29, 0.717) is 11.8 Å². The largest absolute Gasteiger partial charge is 0.484 e. The van der Waals surface area contributed by atoms with Gasteiger partial charge in [0.2, 0.25) is 0 Å². The van der Waals surface area contributed by atoms with Gasteiger partial charge < -0.3 is 15.2 Å². The van der Waals surface area contributed by atoms with Crippen LogP contribution in [0.5, 0.6) is 5.75 Å². The van der Waals surface area contributed by atoms with Crippen LogP contribution in [0.3, 0.4) is 0 Å². The highest BCUT2D eigenvalue weighted by atomic mass is 16.5. The van der Waals surface area contributed by atoms with Crippen LogP contribution in [0.1, 0.15) is 51.2 Å². The van der Waals surface area contributed by atoms with Gasteiger partial charge in [0.15, 0.2) is 6.61 Å². The van der Waals surface area contributed by atoms with Crippen LogP contribution in [0, 0.1) is 5.92 Å². The third-order valence-electron chi connectivity index (χ3n) is 4.09. The van der Waals surface area contributed by atoms with Gasteiger partial charge in [0.05, 0.1) is 6.10 Å². The van der Waals surface area contributed by atoms with Crippen molar-refractivity contribution in [3.63, 3.8) is 0 Å². The molecule has 1 fully saturated rings. The van der Waals surface area contributed by atoms with Crippen LogP contribution < -0.4 is 10.1 Å². The molecule has 116 valence electrons. The van der Waals surface area contributed by atoms with Gasteiger partial charge in [-0.05, 0) is 56.2 Å². The van der Waals surface area contributed by atoms with Gasteiger partial charge in [-0.25, -0.2) is 0 Å². The number of amides is 1. The Balaban J connectivity index is 1.77. The SMILES string of the molecule is CC1CCC(NC(=O)COc2cccc(C(C)O)c2)CC1. The van der Waals surface area contributed by atoms with Gasteiger partial charge in [0.1, 0.15) is 5.75 Å². The minimum absolute atomic E-state index is 0.0231. The van der Waals surface area contributed by atoms with Crippen LogP contribution in [0.4, 0.5) is 0 Å². The predicted molar refractivity (Wildman–Crippen MR) is 82.1 cm³/mol. The zero-order valence-corrected chi connectivity index (χ0v) is 12.8. The Hall–Kier alpha value is -1.55. The lowest BCUT2D eigenvalue weighted by molar-refractivity contribution is -0.124. The number of hydrogen-bond donors (Lipinski definition) is 2. The van der Waals surface area contributed by atoms with Gasteiger partial charge >= 0.3 is 0 Å². The number of aliphatic hydroxyl groups is 1. The number of carbonyl (C=O) groups excluding carboxylic acids is 1. The van der Waals surface area contributed by atoms with Crippen LogP contribution in [0.15, 0.2) is 24.3 Å². The number of aliphatic hydroxyl groups excluding tert-OH is 1. The minimum Gasteiger partial charge on any atom is -0.484 e. The molecule has 2 rings (SSSR count).